The van der Waals surface area contributed by atoms with Gasteiger partial charge in [0, 0.05) is 63.9 Å². The number of hydrogen-bond donors (Lipinski definition) is 5. The van der Waals surface area contributed by atoms with E-state index < -0.39 is 6.10 Å². The summed E-state index contributed by atoms with van der Waals surface area (Å²) in [5.41, 5.74) is 5.02. The molecule has 4 aliphatic heterocycles. The number of carbonyl (C=O) groups excluding carboxylic acids is 3. The van der Waals surface area contributed by atoms with Gasteiger partial charge in [0.05, 0.1) is 30.9 Å². The van der Waals surface area contributed by atoms with Crippen LogP contribution < -0.4 is 40.2 Å². The van der Waals surface area contributed by atoms with Gasteiger partial charge in [0.25, 0.3) is 0 Å². The van der Waals surface area contributed by atoms with Crippen LogP contribution in [0.3, 0.4) is 0 Å². The number of halogens is 2. The summed E-state index contributed by atoms with van der Waals surface area (Å²) in [5, 5.41) is 39.4. The number of anilines is 2. The third-order valence-electron chi connectivity index (χ3n) is 10.7. The monoisotopic (exact) mass is 937 g/mol. The average molecular weight is 939 g/mol. The van der Waals surface area contributed by atoms with Gasteiger partial charge in [-0.1, -0.05) is 35.3 Å². The Hall–Kier alpha value is -1.41. The van der Waals surface area contributed by atoms with E-state index in [0.717, 1.165) is 96.3 Å². The SMILES string of the molecule is O=C(CN1CCCC(O)C1)Nc1sc2c(c1C(=O)c1ccc(Cl)cc1)CCSC2.O=C(CN1CCCC(O)C1)Nc1sc2c(c1C(O)c1ccc(Cl)cc1)CCSC2.[B].[H-].[Na+]. The van der Waals surface area contributed by atoms with E-state index in [0.29, 0.717) is 39.3 Å². The molecule has 5 N–H and O–H groups in total. The molecule has 3 radical (unpaired) electrons. The molecule has 2 fully saturated rings. The third kappa shape index (κ3) is 12.9. The molecule has 4 aliphatic rings. The van der Waals surface area contributed by atoms with E-state index in [1.54, 1.807) is 47.7 Å². The van der Waals surface area contributed by atoms with Crippen molar-refractivity contribution in [1.29, 1.82) is 0 Å². The zero-order chi connectivity index (χ0) is 40.8. The summed E-state index contributed by atoms with van der Waals surface area (Å²) in [6.07, 6.45) is 3.57. The smallest absolute Gasteiger partial charge is 1.00 e. The average Bonchev–Trinajstić information content (AvgIpc) is 3.75. The molecule has 2 aromatic carbocycles. The van der Waals surface area contributed by atoms with Crippen LogP contribution in [0.4, 0.5) is 10.0 Å². The fraction of sp³-hybridized carbons (Fsp3) is 0.452. The second-order valence-electron chi connectivity index (χ2n) is 15.0. The van der Waals surface area contributed by atoms with Crippen LogP contribution in [-0.2, 0) is 33.9 Å². The number of amides is 2. The second-order valence-corrected chi connectivity index (χ2v) is 20.3. The minimum atomic E-state index is -0.803. The van der Waals surface area contributed by atoms with Crippen molar-refractivity contribution in [2.45, 2.75) is 68.3 Å². The van der Waals surface area contributed by atoms with Crippen LogP contribution in [0.1, 0.15) is 81.1 Å². The Kier molecular flexibility index (Phi) is 19.4. The van der Waals surface area contributed by atoms with Gasteiger partial charge < -0.3 is 27.4 Å². The summed E-state index contributed by atoms with van der Waals surface area (Å²) in [6.45, 7) is 3.15. The number of benzene rings is 2. The Morgan fingerprint density at radius 1 is 0.750 bits per heavy atom. The summed E-state index contributed by atoms with van der Waals surface area (Å²) < 4.78 is 0. The molecule has 60 heavy (non-hydrogen) atoms. The molecular weight excluding hydrogens is 889 g/mol. The Balaban J connectivity index is 0.000000256. The Bertz CT molecular complexity index is 2100. The van der Waals surface area contributed by atoms with Crippen molar-refractivity contribution >= 4 is 105 Å². The normalized spacial score (nSPS) is 19.6. The first-order valence-electron chi connectivity index (χ1n) is 19.6. The molecule has 10 nitrogen and oxygen atoms in total. The third-order valence-corrected chi connectivity index (χ3v) is 15.8. The molecule has 3 atom stereocenters. The molecule has 18 heteroatoms. The first-order chi connectivity index (χ1) is 28.0. The summed E-state index contributed by atoms with van der Waals surface area (Å²) in [5.74, 6) is 3.45. The number of nitrogens with zero attached hydrogens (tertiary/aromatic N) is 2. The van der Waals surface area contributed by atoms with E-state index in [1.807, 2.05) is 45.5 Å². The maximum absolute atomic E-state index is 13.3. The predicted octanol–water partition coefficient (Wildman–Crippen LogP) is 4.22. The molecular formula is C42H49BCl2N4NaO6S4. The first kappa shape index (κ1) is 49.6. The molecule has 4 aromatic rings. The quantitative estimate of drug-likeness (QED) is 0.116. The van der Waals surface area contributed by atoms with E-state index in [-0.39, 0.29) is 82.3 Å². The number of thioether (sulfide) groups is 2. The molecule has 0 aliphatic carbocycles. The standard InChI is InChI=1S/C21H25ClN2O3S2.C21H23ClN2O3S2.B.Na.H/c2*22-14-5-3-13(4-6-14)20(27)19-16-7-9-28-12-17(16)29-21(19)23-18(26)11-24-8-1-2-15(25)10-24;;;/h3-6,15,20,25,27H,1-2,7-12H2,(H,23,26);3-6,15,25H,1-2,7-12H2,(H,23,26);;;/q;;;+1;-1. The number of β-amino-alcohol motifs (C(OH)–C–C–N with tert-alkyl or cyclic N) is 2. The zero-order valence-corrected chi connectivity index (χ0v) is 40.4. The molecule has 2 saturated heterocycles. The van der Waals surface area contributed by atoms with Gasteiger partial charge in [-0.15, -0.1) is 22.7 Å². The summed E-state index contributed by atoms with van der Waals surface area (Å²) in [7, 11) is 0. The Morgan fingerprint density at radius 2 is 1.23 bits per heavy atom. The molecule has 315 valence electrons. The van der Waals surface area contributed by atoms with Crippen LogP contribution in [0.5, 0.6) is 0 Å². The van der Waals surface area contributed by atoms with Crippen molar-refractivity contribution in [3.63, 3.8) is 0 Å². The van der Waals surface area contributed by atoms with Gasteiger partial charge in [0.2, 0.25) is 11.8 Å². The van der Waals surface area contributed by atoms with Gasteiger partial charge in [-0.2, -0.15) is 23.5 Å². The van der Waals surface area contributed by atoms with Crippen LogP contribution in [0, 0.1) is 0 Å². The number of fused-ring (bicyclic) bond motifs is 2. The molecule has 2 aromatic heterocycles. The number of likely N-dealkylation sites (tertiary alicyclic amines) is 2. The Labute approximate surface area is 403 Å². The number of hydrogen-bond acceptors (Lipinski definition) is 12. The molecule has 6 heterocycles. The first-order valence-corrected chi connectivity index (χ1v) is 24.3. The molecule has 0 saturated carbocycles. The molecule has 0 spiro atoms. The van der Waals surface area contributed by atoms with Gasteiger partial charge in [-0.25, -0.2) is 0 Å². The van der Waals surface area contributed by atoms with Crippen LogP contribution in [0.2, 0.25) is 10.0 Å². The van der Waals surface area contributed by atoms with Gasteiger partial charge in [-0.3, -0.25) is 24.2 Å². The van der Waals surface area contributed by atoms with Gasteiger partial charge >= 0.3 is 29.6 Å². The largest absolute Gasteiger partial charge is 1.00 e. The number of aliphatic hydroxyl groups excluding tert-OH is 3. The van der Waals surface area contributed by atoms with Crippen molar-refractivity contribution in [3.8, 4) is 0 Å². The zero-order valence-electron chi connectivity index (χ0n) is 34.6. The maximum atomic E-state index is 13.3. The maximum Gasteiger partial charge on any atom is 1.00 e. The number of piperidine rings is 2. The number of nitrogens with one attached hydrogen (secondary N) is 2. The van der Waals surface area contributed by atoms with Crippen LogP contribution in [0.25, 0.3) is 0 Å². The van der Waals surface area contributed by atoms with Crippen LogP contribution >= 0.6 is 69.4 Å². The van der Waals surface area contributed by atoms with Crippen LogP contribution in [0.15, 0.2) is 48.5 Å². The number of rotatable bonds is 10. The number of aliphatic hydroxyl groups is 3. The molecule has 8 rings (SSSR count). The van der Waals surface area contributed by atoms with Gasteiger partial charge in [0.15, 0.2) is 5.78 Å². The van der Waals surface area contributed by atoms with Crippen molar-refractivity contribution in [3.05, 3.63) is 102 Å². The molecule has 3 unspecified atom stereocenters. The second kappa shape index (κ2) is 23.5. The number of thiophene rings is 2. The summed E-state index contributed by atoms with van der Waals surface area (Å²) >= 11 is 18.8. The topological polar surface area (TPSA) is 142 Å². The van der Waals surface area contributed by atoms with E-state index in [9.17, 15) is 29.7 Å². The van der Waals surface area contributed by atoms with Crippen molar-refractivity contribution in [2.24, 2.45) is 0 Å². The minimum Gasteiger partial charge on any atom is -1.00 e. The van der Waals surface area contributed by atoms with E-state index in [2.05, 4.69) is 10.6 Å². The Morgan fingerprint density at radius 3 is 1.78 bits per heavy atom. The van der Waals surface area contributed by atoms with Crippen molar-refractivity contribution < 1.29 is 60.7 Å². The minimum absolute atomic E-state index is 0. The van der Waals surface area contributed by atoms with Gasteiger partial charge in [0.1, 0.15) is 16.1 Å². The summed E-state index contributed by atoms with van der Waals surface area (Å²) in [4.78, 5) is 45.1. The van der Waals surface area contributed by atoms with E-state index >= 15 is 0 Å². The van der Waals surface area contributed by atoms with E-state index in [4.69, 9.17) is 23.2 Å². The van der Waals surface area contributed by atoms with Crippen molar-refractivity contribution in [1.82, 2.24) is 9.80 Å². The molecule has 2 amide bonds. The predicted molar refractivity (Wildman–Crippen MR) is 246 cm³/mol. The van der Waals surface area contributed by atoms with E-state index in [1.165, 1.54) is 26.7 Å². The number of ketones is 1. The fourth-order valence-corrected chi connectivity index (χ4v) is 12.9. The van der Waals surface area contributed by atoms with Crippen molar-refractivity contribution in [2.75, 3.05) is 61.4 Å². The fourth-order valence-electron chi connectivity index (χ4n) is 7.84. The number of carbonyl (C=O) groups is 3. The molecule has 0 bridgehead atoms. The van der Waals surface area contributed by atoms with Gasteiger partial charge in [-0.05, 0) is 116 Å². The van der Waals surface area contributed by atoms with Crippen LogP contribution in [-0.4, -0.2) is 114 Å². The summed E-state index contributed by atoms with van der Waals surface area (Å²) in [6, 6.07) is 14.1.